The number of sulfone groups is 1. The lowest BCUT2D eigenvalue weighted by Gasteiger charge is -2.05. The summed E-state index contributed by atoms with van der Waals surface area (Å²) in [6, 6.07) is 24.2. The van der Waals surface area contributed by atoms with Crippen molar-refractivity contribution < 1.29 is 13.2 Å². The average molecular weight is 497 g/mol. The molecule has 0 saturated carbocycles. The number of rotatable bonds is 8. The Bertz CT molecular complexity index is 1330. The third-order valence-corrected chi connectivity index (χ3v) is 7.85. The average Bonchev–Trinajstić information content (AvgIpc) is 3.28. The molecule has 4 rings (SSSR count). The van der Waals surface area contributed by atoms with Crippen molar-refractivity contribution in [1.82, 2.24) is 4.98 Å². The van der Waals surface area contributed by atoms with E-state index in [0.717, 1.165) is 22.4 Å². The standard InChI is InChI=1S/C25H21ClN2O3S2/c26-21-12-14-22(15-13-21)33(30,31)16-4-7-24(29)28-25-27-23(17-32-25)20-10-8-19(9-11-20)18-5-2-1-3-6-18/h1-3,5-6,8-15,17H,4,7,16H2,(H,27,28,29). The molecule has 1 heterocycles. The summed E-state index contributed by atoms with van der Waals surface area (Å²) in [5.74, 6) is -0.375. The van der Waals surface area contributed by atoms with E-state index in [1.54, 1.807) is 0 Å². The summed E-state index contributed by atoms with van der Waals surface area (Å²) in [6.45, 7) is 0. The van der Waals surface area contributed by atoms with Crippen LogP contribution in [-0.4, -0.2) is 25.1 Å². The largest absolute Gasteiger partial charge is 0.302 e. The molecule has 8 heteroatoms. The van der Waals surface area contributed by atoms with Crippen molar-refractivity contribution in [1.29, 1.82) is 0 Å². The minimum absolute atomic E-state index is 0.0908. The van der Waals surface area contributed by atoms with Crippen LogP contribution in [0.5, 0.6) is 0 Å². The van der Waals surface area contributed by atoms with E-state index in [2.05, 4.69) is 22.4 Å². The highest BCUT2D eigenvalue weighted by atomic mass is 35.5. The van der Waals surface area contributed by atoms with Crippen molar-refractivity contribution in [3.63, 3.8) is 0 Å². The van der Waals surface area contributed by atoms with E-state index in [4.69, 9.17) is 11.6 Å². The molecule has 0 bridgehead atoms. The van der Waals surface area contributed by atoms with Gasteiger partial charge in [0.25, 0.3) is 0 Å². The Hall–Kier alpha value is -3.00. The molecule has 1 aromatic heterocycles. The van der Waals surface area contributed by atoms with E-state index in [9.17, 15) is 13.2 Å². The molecular formula is C25H21ClN2O3S2. The summed E-state index contributed by atoms with van der Waals surface area (Å²) < 4.78 is 24.7. The number of hydrogen-bond donors (Lipinski definition) is 1. The smallest absolute Gasteiger partial charge is 0.226 e. The first-order valence-corrected chi connectivity index (χ1v) is 13.2. The van der Waals surface area contributed by atoms with Gasteiger partial charge >= 0.3 is 0 Å². The Morgan fingerprint density at radius 3 is 2.21 bits per heavy atom. The Balaban J connectivity index is 1.31. The minimum Gasteiger partial charge on any atom is -0.302 e. The number of carbonyl (C=O) groups is 1. The van der Waals surface area contributed by atoms with E-state index in [-0.39, 0.29) is 29.4 Å². The fraction of sp³-hybridized carbons (Fsp3) is 0.120. The van der Waals surface area contributed by atoms with Gasteiger partial charge in [0.05, 0.1) is 16.3 Å². The first kappa shape index (κ1) is 23.2. The molecule has 5 nitrogen and oxygen atoms in total. The predicted molar refractivity (Wildman–Crippen MR) is 134 cm³/mol. The first-order chi connectivity index (χ1) is 15.9. The Kier molecular flexibility index (Phi) is 7.23. The number of aromatic nitrogens is 1. The normalized spacial score (nSPS) is 11.3. The monoisotopic (exact) mass is 496 g/mol. The summed E-state index contributed by atoms with van der Waals surface area (Å²) in [7, 11) is -3.45. The van der Waals surface area contributed by atoms with Gasteiger partial charge in [-0.05, 0) is 41.8 Å². The lowest BCUT2D eigenvalue weighted by atomic mass is 10.0. The minimum atomic E-state index is -3.45. The van der Waals surface area contributed by atoms with Gasteiger partial charge in [0.2, 0.25) is 5.91 Å². The van der Waals surface area contributed by atoms with Crippen LogP contribution in [0.2, 0.25) is 5.02 Å². The second kappa shape index (κ2) is 10.3. The number of halogens is 1. The highest BCUT2D eigenvalue weighted by Crippen LogP contribution is 2.28. The van der Waals surface area contributed by atoms with E-state index in [1.165, 1.54) is 35.6 Å². The van der Waals surface area contributed by atoms with Crippen LogP contribution in [0.15, 0.2) is 89.1 Å². The van der Waals surface area contributed by atoms with Crippen molar-refractivity contribution >= 4 is 43.8 Å². The van der Waals surface area contributed by atoms with Gasteiger partial charge in [0, 0.05) is 22.4 Å². The quantitative estimate of drug-likeness (QED) is 0.309. The fourth-order valence-electron chi connectivity index (χ4n) is 3.29. The van der Waals surface area contributed by atoms with Gasteiger partial charge < -0.3 is 5.32 Å². The molecule has 0 radical (unpaired) electrons. The van der Waals surface area contributed by atoms with Crippen LogP contribution in [0.25, 0.3) is 22.4 Å². The number of nitrogens with zero attached hydrogens (tertiary/aromatic N) is 1. The molecule has 0 saturated heterocycles. The molecule has 0 unspecified atom stereocenters. The topological polar surface area (TPSA) is 76.1 Å². The van der Waals surface area contributed by atoms with Crippen LogP contribution >= 0.6 is 22.9 Å². The lowest BCUT2D eigenvalue weighted by Crippen LogP contribution is -2.14. The predicted octanol–water partition coefficient (Wildman–Crippen LogP) is 6.32. The molecule has 0 aliphatic heterocycles. The second-order valence-electron chi connectivity index (χ2n) is 7.41. The maximum absolute atomic E-state index is 12.4. The van der Waals surface area contributed by atoms with Crippen molar-refractivity contribution in [3.8, 4) is 22.4 Å². The molecule has 0 atom stereocenters. The van der Waals surface area contributed by atoms with E-state index >= 15 is 0 Å². The van der Waals surface area contributed by atoms with Crippen molar-refractivity contribution in [2.75, 3.05) is 11.1 Å². The molecule has 0 spiro atoms. The van der Waals surface area contributed by atoms with E-state index < -0.39 is 9.84 Å². The molecule has 0 aliphatic carbocycles. The van der Waals surface area contributed by atoms with Gasteiger partial charge in [-0.15, -0.1) is 11.3 Å². The summed E-state index contributed by atoms with van der Waals surface area (Å²) in [5.41, 5.74) is 4.01. The maximum atomic E-state index is 12.4. The van der Waals surface area contributed by atoms with Gasteiger partial charge in [-0.3, -0.25) is 4.79 Å². The van der Waals surface area contributed by atoms with Crippen LogP contribution in [-0.2, 0) is 14.6 Å². The Labute approximate surface area is 202 Å². The maximum Gasteiger partial charge on any atom is 0.226 e. The number of anilines is 1. The van der Waals surface area contributed by atoms with Crippen LogP contribution in [0.4, 0.5) is 5.13 Å². The number of nitrogens with one attached hydrogen (secondary N) is 1. The molecule has 168 valence electrons. The van der Waals surface area contributed by atoms with Gasteiger partial charge in [-0.2, -0.15) is 0 Å². The number of hydrogen-bond acceptors (Lipinski definition) is 5. The van der Waals surface area contributed by atoms with Gasteiger partial charge in [0.15, 0.2) is 15.0 Å². The van der Waals surface area contributed by atoms with Crippen molar-refractivity contribution in [3.05, 3.63) is 89.3 Å². The summed E-state index contributed by atoms with van der Waals surface area (Å²) >= 11 is 7.14. The molecule has 1 amide bonds. The van der Waals surface area contributed by atoms with Gasteiger partial charge in [-0.25, -0.2) is 13.4 Å². The second-order valence-corrected chi connectivity index (χ2v) is 10.8. The van der Waals surface area contributed by atoms with Gasteiger partial charge in [0.1, 0.15) is 0 Å². The van der Waals surface area contributed by atoms with Crippen molar-refractivity contribution in [2.45, 2.75) is 17.7 Å². The highest BCUT2D eigenvalue weighted by Gasteiger charge is 2.15. The number of carbonyl (C=O) groups excluding carboxylic acids is 1. The Morgan fingerprint density at radius 1 is 0.879 bits per heavy atom. The third-order valence-electron chi connectivity index (χ3n) is 5.03. The zero-order valence-corrected chi connectivity index (χ0v) is 20.0. The lowest BCUT2D eigenvalue weighted by molar-refractivity contribution is -0.116. The van der Waals surface area contributed by atoms with Gasteiger partial charge in [-0.1, -0.05) is 66.2 Å². The summed E-state index contributed by atoms with van der Waals surface area (Å²) in [6.07, 6.45) is 0.309. The van der Waals surface area contributed by atoms with Crippen LogP contribution in [0.3, 0.4) is 0 Å². The molecule has 4 aromatic rings. The molecular weight excluding hydrogens is 476 g/mol. The zero-order valence-electron chi connectivity index (χ0n) is 17.6. The van der Waals surface area contributed by atoms with Crippen LogP contribution in [0.1, 0.15) is 12.8 Å². The molecule has 0 fully saturated rings. The molecule has 1 N–H and O–H groups in total. The first-order valence-electron chi connectivity index (χ1n) is 10.3. The Morgan fingerprint density at radius 2 is 1.52 bits per heavy atom. The van der Waals surface area contributed by atoms with Crippen LogP contribution < -0.4 is 5.32 Å². The van der Waals surface area contributed by atoms with Crippen molar-refractivity contribution in [2.24, 2.45) is 0 Å². The summed E-state index contributed by atoms with van der Waals surface area (Å²) in [4.78, 5) is 17.0. The van der Waals surface area contributed by atoms with E-state index in [1.807, 2.05) is 47.8 Å². The SMILES string of the molecule is O=C(CCCS(=O)(=O)c1ccc(Cl)cc1)Nc1nc(-c2ccc(-c3ccccc3)cc2)cs1. The fourth-order valence-corrected chi connectivity index (χ4v) is 5.46. The van der Waals surface area contributed by atoms with E-state index in [0.29, 0.717) is 10.2 Å². The third kappa shape index (κ3) is 6.07. The number of benzene rings is 3. The molecule has 0 aliphatic rings. The van der Waals surface area contributed by atoms with Crippen LogP contribution in [0, 0.1) is 0 Å². The zero-order chi connectivity index (χ0) is 23.3. The number of thiazole rings is 1. The number of amides is 1. The molecule has 3 aromatic carbocycles. The summed E-state index contributed by atoms with van der Waals surface area (Å²) in [5, 5.41) is 5.61. The molecule has 33 heavy (non-hydrogen) atoms. The highest BCUT2D eigenvalue weighted by molar-refractivity contribution is 7.91.